The molecule has 0 unspecified atom stereocenters. The van der Waals surface area contributed by atoms with Gasteiger partial charge in [-0.1, -0.05) is 38.1 Å². The molecule has 0 spiro atoms. The molecule has 0 radical (unpaired) electrons. The lowest BCUT2D eigenvalue weighted by Crippen LogP contribution is -2.00. The number of aromatic nitrogens is 2. The Balaban J connectivity index is 2.08. The van der Waals surface area contributed by atoms with Crippen LogP contribution in [0.15, 0.2) is 36.7 Å². The highest BCUT2D eigenvalue weighted by atomic mass is 16.3. The van der Waals surface area contributed by atoms with Crippen molar-refractivity contribution >= 4 is 0 Å². The van der Waals surface area contributed by atoms with Crippen LogP contribution >= 0.6 is 0 Å². The van der Waals surface area contributed by atoms with Crippen LogP contribution in [0.4, 0.5) is 0 Å². The molecule has 17 heavy (non-hydrogen) atoms. The average molecular weight is 230 g/mol. The van der Waals surface area contributed by atoms with E-state index in [1.807, 2.05) is 10.9 Å². The quantitative estimate of drug-likeness (QED) is 0.876. The van der Waals surface area contributed by atoms with Crippen LogP contribution < -0.4 is 0 Å². The van der Waals surface area contributed by atoms with Crippen molar-refractivity contribution in [2.75, 3.05) is 0 Å². The summed E-state index contributed by atoms with van der Waals surface area (Å²) < 4.78 is 1.84. The van der Waals surface area contributed by atoms with Crippen LogP contribution in [0.2, 0.25) is 0 Å². The zero-order valence-corrected chi connectivity index (χ0v) is 10.3. The van der Waals surface area contributed by atoms with E-state index in [1.54, 1.807) is 6.20 Å². The Labute approximate surface area is 102 Å². The van der Waals surface area contributed by atoms with E-state index in [1.165, 1.54) is 11.1 Å². The number of hydrogen-bond donors (Lipinski definition) is 1. The highest BCUT2D eigenvalue weighted by Crippen LogP contribution is 2.15. The van der Waals surface area contributed by atoms with Crippen LogP contribution in [0.25, 0.3) is 0 Å². The second kappa shape index (κ2) is 5.15. The second-order valence-electron chi connectivity index (χ2n) is 4.60. The molecule has 90 valence electrons. The molecular weight excluding hydrogens is 212 g/mol. The van der Waals surface area contributed by atoms with Gasteiger partial charge < -0.3 is 5.11 Å². The smallest absolute Gasteiger partial charge is 0.0712 e. The largest absolute Gasteiger partial charge is 0.392 e. The zero-order chi connectivity index (χ0) is 12.3. The Kier molecular flexibility index (Phi) is 3.59. The van der Waals surface area contributed by atoms with E-state index in [0.717, 1.165) is 12.1 Å². The lowest BCUT2D eigenvalue weighted by atomic mass is 10.0. The fraction of sp³-hybridized carbons (Fsp3) is 0.357. The molecule has 0 amide bonds. The SMILES string of the molecule is CC(C)c1ccc(Cn2cc(CO)cn2)cc1. The van der Waals surface area contributed by atoms with Crippen molar-refractivity contribution in [3.63, 3.8) is 0 Å². The van der Waals surface area contributed by atoms with Crippen LogP contribution in [-0.4, -0.2) is 14.9 Å². The first-order valence-electron chi connectivity index (χ1n) is 5.90. The third-order valence-corrected chi connectivity index (χ3v) is 2.86. The lowest BCUT2D eigenvalue weighted by molar-refractivity contribution is 0.281. The van der Waals surface area contributed by atoms with Crippen molar-refractivity contribution in [1.82, 2.24) is 9.78 Å². The van der Waals surface area contributed by atoms with Gasteiger partial charge >= 0.3 is 0 Å². The highest BCUT2D eigenvalue weighted by Gasteiger charge is 2.01. The van der Waals surface area contributed by atoms with Crippen LogP contribution in [0, 0.1) is 0 Å². The predicted octanol–water partition coefficient (Wildman–Crippen LogP) is 2.55. The fourth-order valence-corrected chi connectivity index (χ4v) is 1.77. The minimum Gasteiger partial charge on any atom is -0.392 e. The summed E-state index contributed by atoms with van der Waals surface area (Å²) >= 11 is 0. The Morgan fingerprint density at radius 2 is 1.88 bits per heavy atom. The summed E-state index contributed by atoms with van der Waals surface area (Å²) in [6.45, 7) is 5.18. The molecule has 1 aromatic carbocycles. The van der Waals surface area contributed by atoms with Gasteiger partial charge in [0.15, 0.2) is 0 Å². The Bertz CT molecular complexity index is 471. The molecule has 1 N–H and O–H groups in total. The van der Waals surface area contributed by atoms with Gasteiger partial charge in [-0.05, 0) is 17.0 Å². The first-order chi connectivity index (χ1) is 8.19. The van der Waals surface area contributed by atoms with Gasteiger partial charge in [-0.3, -0.25) is 4.68 Å². The summed E-state index contributed by atoms with van der Waals surface area (Å²) in [5, 5.41) is 13.2. The number of nitrogens with zero attached hydrogens (tertiary/aromatic N) is 2. The highest BCUT2D eigenvalue weighted by molar-refractivity contribution is 5.24. The van der Waals surface area contributed by atoms with Crippen molar-refractivity contribution in [1.29, 1.82) is 0 Å². The van der Waals surface area contributed by atoms with Crippen molar-refractivity contribution < 1.29 is 5.11 Å². The fourth-order valence-electron chi connectivity index (χ4n) is 1.77. The van der Waals surface area contributed by atoms with Crippen molar-refractivity contribution in [3.8, 4) is 0 Å². The van der Waals surface area contributed by atoms with Crippen LogP contribution in [0.3, 0.4) is 0 Å². The maximum atomic E-state index is 8.96. The van der Waals surface area contributed by atoms with Gasteiger partial charge in [0.25, 0.3) is 0 Å². The summed E-state index contributed by atoms with van der Waals surface area (Å²) in [5.74, 6) is 0.565. The predicted molar refractivity (Wildman–Crippen MR) is 67.8 cm³/mol. The van der Waals surface area contributed by atoms with Gasteiger partial charge in [-0.15, -0.1) is 0 Å². The summed E-state index contributed by atoms with van der Waals surface area (Å²) in [6, 6.07) is 8.60. The number of benzene rings is 1. The van der Waals surface area contributed by atoms with Gasteiger partial charge in [0.2, 0.25) is 0 Å². The Morgan fingerprint density at radius 1 is 1.18 bits per heavy atom. The standard InChI is InChI=1S/C14H18N2O/c1-11(2)14-5-3-12(4-6-14)8-16-9-13(10-17)7-15-16/h3-7,9,11,17H,8,10H2,1-2H3. The number of aliphatic hydroxyl groups excluding tert-OH is 1. The van der Waals surface area contributed by atoms with Gasteiger partial charge in [0.05, 0.1) is 19.3 Å². The molecule has 0 aliphatic heterocycles. The van der Waals surface area contributed by atoms with E-state index in [2.05, 4.69) is 43.2 Å². The molecule has 2 rings (SSSR count). The minimum absolute atomic E-state index is 0.0479. The third kappa shape index (κ3) is 2.94. The molecular formula is C14H18N2O. The number of hydrogen-bond acceptors (Lipinski definition) is 2. The van der Waals surface area contributed by atoms with E-state index in [0.29, 0.717) is 5.92 Å². The molecule has 2 aromatic rings. The van der Waals surface area contributed by atoms with E-state index in [9.17, 15) is 0 Å². The van der Waals surface area contributed by atoms with Gasteiger partial charge in [-0.2, -0.15) is 5.10 Å². The molecule has 0 fully saturated rings. The monoisotopic (exact) mass is 230 g/mol. The van der Waals surface area contributed by atoms with Crippen LogP contribution in [0.5, 0.6) is 0 Å². The molecule has 0 saturated heterocycles. The number of rotatable bonds is 4. The van der Waals surface area contributed by atoms with Crippen molar-refractivity contribution in [3.05, 3.63) is 53.3 Å². The third-order valence-electron chi connectivity index (χ3n) is 2.86. The average Bonchev–Trinajstić information content (AvgIpc) is 2.77. The van der Waals surface area contributed by atoms with Gasteiger partial charge in [-0.25, -0.2) is 0 Å². The van der Waals surface area contributed by atoms with Gasteiger partial charge in [0.1, 0.15) is 0 Å². The molecule has 1 heterocycles. The van der Waals surface area contributed by atoms with Crippen LogP contribution in [0.1, 0.15) is 36.5 Å². The van der Waals surface area contributed by atoms with E-state index >= 15 is 0 Å². The second-order valence-corrected chi connectivity index (χ2v) is 4.60. The lowest BCUT2D eigenvalue weighted by Gasteiger charge is -2.07. The molecule has 0 aliphatic rings. The molecule has 0 atom stereocenters. The maximum Gasteiger partial charge on any atom is 0.0712 e. The zero-order valence-electron chi connectivity index (χ0n) is 10.3. The van der Waals surface area contributed by atoms with Crippen LogP contribution in [-0.2, 0) is 13.2 Å². The summed E-state index contributed by atoms with van der Waals surface area (Å²) in [7, 11) is 0. The maximum absolute atomic E-state index is 8.96. The molecule has 0 saturated carbocycles. The van der Waals surface area contributed by atoms with E-state index in [-0.39, 0.29) is 6.61 Å². The Hall–Kier alpha value is -1.61. The minimum atomic E-state index is 0.0479. The molecule has 1 aromatic heterocycles. The first-order valence-corrected chi connectivity index (χ1v) is 5.90. The van der Waals surface area contributed by atoms with E-state index in [4.69, 9.17) is 5.11 Å². The van der Waals surface area contributed by atoms with Gasteiger partial charge in [0, 0.05) is 11.8 Å². The van der Waals surface area contributed by atoms with Crippen molar-refractivity contribution in [2.24, 2.45) is 0 Å². The molecule has 3 heteroatoms. The normalized spacial score (nSPS) is 11.1. The van der Waals surface area contributed by atoms with E-state index < -0.39 is 0 Å². The first kappa shape index (κ1) is 11.9. The van der Waals surface area contributed by atoms with Crippen molar-refractivity contribution in [2.45, 2.75) is 32.9 Å². The topological polar surface area (TPSA) is 38.0 Å². The summed E-state index contributed by atoms with van der Waals surface area (Å²) in [6.07, 6.45) is 3.57. The number of aliphatic hydroxyl groups is 1. The molecule has 3 nitrogen and oxygen atoms in total. The summed E-state index contributed by atoms with van der Waals surface area (Å²) in [4.78, 5) is 0. The Morgan fingerprint density at radius 3 is 2.41 bits per heavy atom. The molecule has 0 bridgehead atoms. The molecule has 0 aliphatic carbocycles. The summed E-state index contributed by atoms with van der Waals surface area (Å²) in [5.41, 5.74) is 3.43.